The first-order valence-electron chi connectivity index (χ1n) is 7.12. The average Bonchev–Trinajstić information content (AvgIpc) is 3.00. The van der Waals surface area contributed by atoms with E-state index in [1.54, 1.807) is 23.5 Å². The highest BCUT2D eigenvalue weighted by Crippen LogP contribution is 2.24. The molecule has 3 aromatic rings. The van der Waals surface area contributed by atoms with Crippen molar-refractivity contribution in [3.05, 3.63) is 71.2 Å². The van der Waals surface area contributed by atoms with Crippen molar-refractivity contribution in [2.45, 2.75) is 11.3 Å². The summed E-state index contributed by atoms with van der Waals surface area (Å²) in [7, 11) is 0. The molecular formula is C18H15NO2S2. The van der Waals surface area contributed by atoms with Crippen LogP contribution in [0.2, 0.25) is 0 Å². The lowest BCUT2D eigenvalue weighted by molar-refractivity contribution is 0.102. The van der Waals surface area contributed by atoms with Gasteiger partial charge in [0, 0.05) is 16.6 Å². The Bertz CT molecular complexity index is 782. The number of Topliss-reactive ketones (excluding diaryl/α,β-unsaturated/α-hetero) is 1. The number of thiazole rings is 1. The van der Waals surface area contributed by atoms with Crippen LogP contribution in [0.25, 0.3) is 0 Å². The van der Waals surface area contributed by atoms with Gasteiger partial charge in [-0.05, 0) is 43.3 Å². The van der Waals surface area contributed by atoms with Gasteiger partial charge in [0.2, 0.25) is 0 Å². The predicted octanol–water partition coefficient (Wildman–Crippen LogP) is 5.22. The van der Waals surface area contributed by atoms with Gasteiger partial charge in [0.1, 0.15) is 11.5 Å². The Morgan fingerprint density at radius 2 is 1.78 bits per heavy atom. The molecule has 5 heteroatoms. The molecule has 3 nitrogen and oxygen atoms in total. The third-order valence-electron chi connectivity index (χ3n) is 3.08. The van der Waals surface area contributed by atoms with Gasteiger partial charge < -0.3 is 4.74 Å². The molecule has 3 rings (SSSR count). The van der Waals surface area contributed by atoms with Gasteiger partial charge in [0.15, 0.2) is 10.1 Å². The highest BCUT2D eigenvalue weighted by atomic mass is 32.2. The molecule has 1 heterocycles. The van der Waals surface area contributed by atoms with Gasteiger partial charge in [-0.25, -0.2) is 4.98 Å². The van der Waals surface area contributed by atoms with E-state index in [4.69, 9.17) is 4.74 Å². The number of benzene rings is 2. The number of nitrogens with zero attached hydrogens (tertiary/aromatic N) is 1. The summed E-state index contributed by atoms with van der Waals surface area (Å²) < 4.78 is 6.65. The molecule has 116 valence electrons. The van der Waals surface area contributed by atoms with E-state index in [2.05, 4.69) is 4.98 Å². The van der Waals surface area contributed by atoms with Crippen molar-refractivity contribution in [2.24, 2.45) is 0 Å². The molecule has 0 aliphatic heterocycles. The summed E-state index contributed by atoms with van der Waals surface area (Å²) in [4.78, 5) is 16.6. The van der Waals surface area contributed by atoms with E-state index in [-0.39, 0.29) is 5.78 Å². The van der Waals surface area contributed by atoms with Gasteiger partial charge in [0.05, 0.1) is 5.75 Å². The smallest absolute Gasteiger partial charge is 0.173 e. The first-order valence-corrected chi connectivity index (χ1v) is 8.98. The summed E-state index contributed by atoms with van der Waals surface area (Å²) in [6.45, 7) is 1.95. The number of rotatable bonds is 6. The minimum atomic E-state index is 0.0918. The quantitative estimate of drug-likeness (QED) is 0.455. The first-order chi connectivity index (χ1) is 11.2. The van der Waals surface area contributed by atoms with Crippen LogP contribution in [0.4, 0.5) is 0 Å². The number of thioether (sulfide) groups is 1. The summed E-state index contributed by atoms with van der Waals surface area (Å²) in [5, 5.41) is 1.99. The molecule has 23 heavy (non-hydrogen) atoms. The molecule has 0 fully saturated rings. The second-order valence-corrected chi connectivity index (χ2v) is 6.99. The van der Waals surface area contributed by atoms with Crippen LogP contribution in [0.3, 0.4) is 0 Å². The second-order valence-electron chi connectivity index (χ2n) is 4.91. The zero-order chi connectivity index (χ0) is 16.1. The molecule has 0 aliphatic rings. The van der Waals surface area contributed by atoms with E-state index in [1.165, 1.54) is 11.8 Å². The fourth-order valence-electron chi connectivity index (χ4n) is 1.94. The van der Waals surface area contributed by atoms with Crippen molar-refractivity contribution in [3.63, 3.8) is 0 Å². The lowest BCUT2D eigenvalue weighted by Gasteiger charge is -2.06. The number of hydrogen-bond acceptors (Lipinski definition) is 5. The molecule has 1 aromatic heterocycles. The Morgan fingerprint density at radius 3 is 2.43 bits per heavy atom. The summed E-state index contributed by atoms with van der Waals surface area (Å²) in [5.41, 5.74) is 1.68. The Balaban J connectivity index is 1.59. The van der Waals surface area contributed by atoms with Crippen LogP contribution < -0.4 is 4.74 Å². The summed E-state index contributed by atoms with van der Waals surface area (Å²) in [5.74, 6) is 1.98. The van der Waals surface area contributed by atoms with Gasteiger partial charge in [0.25, 0.3) is 0 Å². The van der Waals surface area contributed by atoms with Gasteiger partial charge >= 0.3 is 0 Å². The lowest BCUT2D eigenvalue weighted by Crippen LogP contribution is -2.02. The van der Waals surface area contributed by atoms with Crippen LogP contribution in [-0.2, 0) is 0 Å². The van der Waals surface area contributed by atoms with Crippen molar-refractivity contribution in [3.8, 4) is 11.5 Å². The molecule has 0 saturated heterocycles. The number of carbonyl (C=O) groups excluding carboxylic acids is 1. The number of aryl methyl sites for hydroxylation is 1. The molecule has 0 spiro atoms. The fraction of sp³-hybridized carbons (Fsp3) is 0.111. The number of hydrogen-bond donors (Lipinski definition) is 0. The first kappa shape index (κ1) is 15.8. The fourth-order valence-corrected chi connectivity index (χ4v) is 3.69. The van der Waals surface area contributed by atoms with Crippen molar-refractivity contribution >= 4 is 28.9 Å². The number of ketones is 1. The molecule has 0 atom stereocenters. The molecule has 0 bridgehead atoms. The van der Waals surface area contributed by atoms with E-state index in [0.29, 0.717) is 11.3 Å². The third kappa shape index (κ3) is 4.43. The van der Waals surface area contributed by atoms with Crippen LogP contribution >= 0.6 is 23.1 Å². The highest BCUT2D eigenvalue weighted by molar-refractivity contribution is 8.01. The monoisotopic (exact) mass is 341 g/mol. The summed E-state index contributed by atoms with van der Waals surface area (Å²) in [6, 6.07) is 16.8. The summed E-state index contributed by atoms with van der Waals surface area (Å²) in [6.07, 6.45) is 0. The molecule has 0 aliphatic carbocycles. The van der Waals surface area contributed by atoms with Crippen LogP contribution in [0.1, 0.15) is 16.1 Å². The van der Waals surface area contributed by atoms with Crippen LogP contribution in [0.5, 0.6) is 11.5 Å². The number of carbonyl (C=O) groups is 1. The number of ether oxygens (including phenoxy) is 1. The molecule has 0 saturated carbocycles. The maximum Gasteiger partial charge on any atom is 0.173 e. The van der Waals surface area contributed by atoms with Crippen molar-refractivity contribution < 1.29 is 9.53 Å². The van der Waals surface area contributed by atoms with Gasteiger partial charge in [-0.15, -0.1) is 11.3 Å². The maximum atomic E-state index is 12.2. The van der Waals surface area contributed by atoms with E-state index in [1.807, 2.05) is 54.8 Å². The van der Waals surface area contributed by atoms with Crippen LogP contribution in [0.15, 0.2) is 64.3 Å². The Kier molecular flexibility index (Phi) is 5.10. The number of aromatic nitrogens is 1. The molecule has 0 unspecified atom stereocenters. The Labute approximate surface area is 143 Å². The lowest BCUT2D eigenvalue weighted by atomic mass is 10.1. The third-order valence-corrected chi connectivity index (χ3v) is 5.22. The molecule has 2 aromatic carbocycles. The topological polar surface area (TPSA) is 39.2 Å². The van der Waals surface area contributed by atoms with Gasteiger partial charge in [-0.2, -0.15) is 0 Å². The second kappa shape index (κ2) is 7.44. The molecular weight excluding hydrogens is 326 g/mol. The normalized spacial score (nSPS) is 10.5. The highest BCUT2D eigenvalue weighted by Gasteiger charge is 2.09. The minimum absolute atomic E-state index is 0.0918. The molecule has 0 radical (unpaired) electrons. The molecule has 0 amide bonds. The zero-order valence-electron chi connectivity index (χ0n) is 12.6. The van der Waals surface area contributed by atoms with Crippen molar-refractivity contribution in [1.82, 2.24) is 4.98 Å². The van der Waals surface area contributed by atoms with Crippen molar-refractivity contribution in [1.29, 1.82) is 0 Å². The largest absolute Gasteiger partial charge is 0.457 e. The van der Waals surface area contributed by atoms with Crippen molar-refractivity contribution in [2.75, 3.05) is 5.75 Å². The average molecular weight is 341 g/mol. The minimum Gasteiger partial charge on any atom is -0.457 e. The maximum absolute atomic E-state index is 12.2. The molecule has 0 N–H and O–H groups in total. The SMILES string of the molecule is Cc1csc(SCC(=O)c2ccc(Oc3ccccc3)cc2)n1. The zero-order valence-corrected chi connectivity index (χ0v) is 14.2. The van der Waals surface area contributed by atoms with E-state index < -0.39 is 0 Å². The Hall–Kier alpha value is -2.11. The predicted molar refractivity (Wildman–Crippen MR) is 94.9 cm³/mol. The van der Waals surface area contributed by atoms with Gasteiger partial charge in [-0.1, -0.05) is 30.0 Å². The van der Waals surface area contributed by atoms with E-state index in [9.17, 15) is 4.79 Å². The van der Waals surface area contributed by atoms with Gasteiger partial charge in [-0.3, -0.25) is 4.79 Å². The Morgan fingerprint density at radius 1 is 1.09 bits per heavy atom. The van der Waals surface area contributed by atoms with E-state index in [0.717, 1.165) is 21.5 Å². The van der Waals surface area contributed by atoms with Crippen LogP contribution in [-0.4, -0.2) is 16.5 Å². The van der Waals surface area contributed by atoms with E-state index >= 15 is 0 Å². The summed E-state index contributed by atoms with van der Waals surface area (Å²) >= 11 is 3.05. The van der Waals surface area contributed by atoms with Crippen LogP contribution in [0, 0.1) is 6.92 Å². The standard InChI is InChI=1S/C18H15NO2S2/c1-13-11-22-18(19-13)23-12-17(20)14-7-9-16(10-8-14)21-15-5-3-2-4-6-15/h2-11H,12H2,1H3. The number of para-hydroxylation sites is 1.